The number of rotatable bonds is 4. The summed E-state index contributed by atoms with van der Waals surface area (Å²) in [7, 11) is -3.05. The third-order valence-corrected chi connectivity index (χ3v) is 7.23. The second-order valence-electron chi connectivity index (χ2n) is 7.74. The number of piperidine rings is 1. The molecule has 0 unspecified atom stereocenters. The van der Waals surface area contributed by atoms with E-state index in [0.717, 1.165) is 5.56 Å². The monoisotopic (exact) mass is 390 g/mol. The quantitative estimate of drug-likeness (QED) is 0.792. The van der Waals surface area contributed by atoms with Gasteiger partial charge in [-0.2, -0.15) is 0 Å². The predicted molar refractivity (Wildman–Crippen MR) is 105 cm³/mol. The molecule has 27 heavy (non-hydrogen) atoms. The van der Waals surface area contributed by atoms with Gasteiger partial charge >= 0.3 is 0 Å². The number of nitrogens with zero attached hydrogens (tertiary/aromatic N) is 1. The third-order valence-electron chi connectivity index (χ3n) is 5.32. The molecule has 2 fully saturated rings. The fraction of sp³-hybridized carbons (Fsp3) is 0.500. The number of hydrogen-bond donors (Lipinski definition) is 1. The number of hydrogen-bond acceptors (Lipinski definition) is 4. The van der Waals surface area contributed by atoms with Crippen LogP contribution in [0.5, 0.6) is 0 Å². The van der Waals surface area contributed by atoms with Crippen LogP contribution in [-0.2, 0) is 19.4 Å². The summed E-state index contributed by atoms with van der Waals surface area (Å²) in [6.07, 6.45) is 5.02. The summed E-state index contributed by atoms with van der Waals surface area (Å²) in [5, 5.41) is 2.94. The molecular formula is C20H26N2O4S. The molecule has 0 bridgehead atoms. The lowest BCUT2D eigenvalue weighted by Crippen LogP contribution is -2.51. The third kappa shape index (κ3) is 5.19. The summed E-state index contributed by atoms with van der Waals surface area (Å²) < 4.78 is 23.4. The summed E-state index contributed by atoms with van der Waals surface area (Å²) in [5.41, 5.74) is 0.307. The Bertz CT molecular complexity index is 827. The fourth-order valence-electron chi connectivity index (χ4n) is 3.71. The molecule has 2 amide bonds. The van der Waals surface area contributed by atoms with Crippen molar-refractivity contribution in [2.24, 2.45) is 5.92 Å². The van der Waals surface area contributed by atoms with Crippen LogP contribution in [0.15, 0.2) is 36.4 Å². The van der Waals surface area contributed by atoms with Gasteiger partial charge in [0.2, 0.25) is 11.8 Å². The Labute approximate surface area is 160 Å². The zero-order valence-electron chi connectivity index (χ0n) is 15.6. The molecule has 2 aliphatic rings. The van der Waals surface area contributed by atoms with Gasteiger partial charge in [-0.05, 0) is 37.8 Å². The Morgan fingerprint density at radius 1 is 1.19 bits per heavy atom. The van der Waals surface area contributed by atoms with E-state index >= 15 is 0 Å². The number of sulfone groups is 1. The highest BCUT2D eigenvalue weighted by Gasteiger charge is 2.40. The molecule has 0 radical (unpaired) electrons. The van der Waals surface area contributed by atoms with Gasteiger partial charge in [-0.3, -0.25) is 9.59 Å². The maximum atomic E-state index is 12.5. The topological polar surface area (TPSA) is 83.6 Å². The Balaban J connectivity index is 1.49. The molecule has 6 nitrogen and oxygen atoms in total. The first kappa shape index (κ1) is 19.6. The molecule has 0 spiro atoms. The standard InChI is InChI=1S/C20H26N2O4S/c1-20(11-14-27(25,26)15-20)21-19(24)17-9-12-22(13-10-17)18(23)8-7-16-5-3-2-4-6-16/h2-8,17H,9-15H2,1H3,(H,21,24)/b8-7+/t20-/m0/s1. The van der Waals surface area contributed by atoms with Crippen molar-refractivity contribution in [3.05, 3.63) is 42.0 Å². The van der Waals surface area contributed by atoms with E-state index in [9.17, 15) is 18.0 Å². The van der Waals surface area contributed by atoms with Crippen LogP contribution in [0.3, 0.4) is 0 Å². The second kappa shape index (κ2) is 7.84. The van der Waals surface area contributed by atoms with E-state index in [4.69, 9.17) is 0 Å². The van der Waals surface area contributed by atoms with Gasteiger partial charge in [-0.25, -0.2) is 8.42 Å². The maximum absolute atomic E-state index is 12.5. The predicted octanol–water partition coefficient (Wildman–Crippen LogP) is 1.63. The van der Waals surface area contributed by atoms with Gasteiger partial charge in [0, 0.05) is 25.1 Å². The van der Waals surface area contributed by atoms with Gasteiger partial charge in [-0.15, -0.1) is 0 Å². The number of carbonyl (C=O) groups excluding carboxylic acids is 2. The summed E-state index contributed by atoms with van der Waals surface area (Å²) in [5.74, 6) is -0.182. The van der Waals surface area contributed by atoms with Crippen LogP contribution < -0.4 is 5.32 Å². The first-order valence-electron chi connectivity index (χ1n) is 9.31. The average Bonchev–Trinajstić information content (AvgIpc) is 2.93. The maximum Gasteiger partial charge on any atom is 0.246 e. The minimum absolute atomic E-state index is 0.00729. The van der Waals surface area contributed by atoms with E-state index in [1.54, 1.807) is 24.0 Å². The summed E-state index contributed by atoms with van der Waals surface area (Å²) >= 11 is 0. The zero-order valence-corrected chi connectivity index (χ0v) is 16.4. The highest BCUT2D eigenvalue weighted by molar-refractivity contribution is 7.91. The molecule has 1 N–H and O–H groups in total. The van der Waals surface area contributed by atoms with Crippen molar-refractivity contribution in [1.29, 1.82) is 0 Å². The number of amides is 2. The van der Waals surface area contributed by atoms with E-state index in [1.165, 1.54) is 0 Å². The van der Waals surface area contributed by atoms with E-state index in [2.05, 4.69) is 5.32 Å². The molecule has 1 aromatic rings. The zero-order chi connectivity index (χ0) is 19.5. The first-order chi connectivity index (χ1) is 12.8. The lowest BCUT2D eigenvalue weighted by molar-refractivity contribution is -0.132. The van der Waals surface area contributed by atoms with E-state index in [0.29, 0.717) is 32.4 Å². The van der Waals surface area contributed by atoms with Crippen LogP contribution in [0.2, 0.25) is 0 Å². The number of likely N-dealkylation sites (tertiary alicyclic amines) is 1. The van der Waals surface area contributed by atoms with Crippen LogP contribution >= 0.6 is 0 Å². The first-order valence-corrected chi connectivity index (χ1v) is 11.1. The van der Waals surface area contributed by atoms with Crippen molar-refractivity contribution in [3.63, 3.8) is 0 Å². The molecule has 0 saturated carbocycles. The minimum atomic E-state index is -3.05. The van der Waals surface area contributed by atoms with Crippen molar-refractivity contribution in [2.75, 3.05) is 24.6 Å². The lowest BCUT2D eigenvalue weighted by atomic mass is 9.93. The van der Waals surface area contributed by atoms with Crippen LogP contribution in [0, 0.1) is 5.92 Å². The molecule has 146 valence electrons. The Morgan fingerprint density at radius 2 is 1.85 bits per heavy atom. The largest absolute Gasteiger partial charge is 0.350 e. The summed E-state index contributed by atoms with van der Waals surface area (Å²) in [6.45, 7) is 2.86. The molecule has 7 heteroatoms. The van der Waals surface area contributed by atoms with E-state index in [-0.39, 0.29) is 29.2 Å². The number of nitrogens with one attached hydrogen (secondary N) is 1. The Morgan fingerprint density at radius 3 is 2.44 bits per heavy atom. The second-order valence-corrected chi connectivity index (χ2v) is 9.92. The van der Waals surface area contributed by atoms with Gasteiger partial charge in [0.25, 0.3) is 0 Å². The molecule has 3 rings (SSSR count). The summed E-state index contributed by atoms with van der Waals surface area (Å²) in [4.78, 5) is 26.6. The van der Waals surface area contributed by atoms with Crippen LogP contribution in [-0.4, -0.2) is 55.3 Å². The number of carbonyl (C=O) groups is 2. The number of benzene rings is 1. The lowest BCUT2D eigenvalue weighted by Gasteiger charge is -2.33. The van der Waals surface area contributed by atoms with Crippen LogP contribution in [0.1, 0.15) is 31.7 Å². The summed E-state index contributed by atoms with van der Waals surface area (Å²) in [6, 6.07) is 9.64. The van der Waals surface area contributed by atoms with Crippen molar-refractivity contribution in [3.8, 4) is 0 Å². The smallest absolute Gasteiger partial charge is 0.246 e. The SMILES string of the molecule is C[C@]1(NC(=O)C2CCN(C(=O)/C=C/c3ccccc3)CC2)CCS(=O)(=O)C1. The minimum Gasteiger partial charge on any atom is -0.350 e. The average molecular weight is 391 g/mol. The normalized spacial score (nSPS) is 25.6. The molecular weight excluding hydrogens is 364 g/mol. The Kier molecular flexibility index (Phi) is 5.69. The van der Waals surface area contributed by atoms with E-state index < -0.39 is 15.4 Å². The van der Waals surface area contributed by atoms with Gasteiger partial charge in [0.05, 0.1) is 17.0 Å². The van der Waals surface area contributed by atoms with Gasteiger partial charge in [0.1, 0.15) is 0 Å². The van der Waals surface area contributed by atoms with E-state index in [1.807, 2.05) is 30.3 Å². The van der Waals surface area contributed by atoms with Crippen molar-refractivity contribution in [2.45, 2.75) is 31.7 Å². The van der Waals surface area contributed by atoms with Gasteiger partial charge in [-0.1, -0.05) is 30.3 Å². The molecule has 0 aromatic heterocycles. The van der Waals surface area contributed by atoms with Crippen molar-refractivity contribution < 1.29 is 18.0 Å². The molecule has 2 heterocycles. The van der Waals surface area contributed by atoms with Gasteiger partial charge < -0.3 is 10.2 Å². The molecule has 0 aliphatic carbocycles. The van der Waals surface area contributed by atoms with Gasteiger partial charge in [0.15, 0.2) is 9.84 Å². The van der Waals surface area contributed by atoms with Crippen LogP contribution in [0.25, 0.3) is 6.08 Å². The molecule has 1 atom stereocenters. The Hall–Kier alpha value is -2.15. The molecule has 2 saturated heterocycles. The highest BCUT2D eigenvalue weighted by atomic mass is 32.2. The molecule has 2 aliphatic heterocycles. The van der Waals surface area contributed by atoms with Crippen LogP contribution in [0.4, 0.5) is 0 Å². The van der Waals surface area contributed by atoms with Crippen molar-refractivity contribution in [1.82, 2.24) is 10.2 Å². The fourth-order valence-corrected chi connectivity index (χ4v) is 5.80. The van der Waals surface area contributed by atoms with Crippen molar-refractivity contribution >= 4 is 27.7 Å². The molecule has 1 aromatic carbocycles. The highest BCUT2D eigenvalue weighted by Crippen LogP contribution is 2.25.